The van der Waals surface area contributed by atoms with Gasteiger partial charge in [0.15, 0.2) is 0 Å². The van der Waals surface area contributed by atoms with Crippen LogP contribution in [0.4, 0.5) is 0 Å². The predicted octanol–water partition coefficient (Wildman–Crippen LogP) is 1.73. The summed E-state index contributed by atoms with van der Waals surface area (Å²) in [4.78, 5) is 0.301. The van der Waals surface area contributed by atoms with Gasteiger partial charge < -0.3 is 5.32 Å². The van der Waals surface area contributed by atoms with E-state index in [-0.39, 0.29) is 0 Å². The highest BCUT2D eigenvalue weighted by Gasteiger charge is 2.18. The topological polar surface area (TPSA) is 58.2 Å². The molecule has 4 nitrogen and oxygen atoms in total. The standard InChI is InChI=1S/C12H17BrN2O2S/c13-11-3-1-2-4-12(11)18(16,17)15-8-6-10-5-7-14-9-10/h1-4,10,14-15H,5-9H2/t10-/m1/s1. The Labute approximate surface area is 116 Å². The molecule has 0 spiro atoms. The van der Waals surface area contributed by atoms with Crippen LogP contribution in [0.5, 0.6) is 0 Å². The molecule has 0 radical (unpaired) electrons. The molecule has 0 aliphatic carbocycles. The molecule has 2 N–H and O–H groups in total. The molecule has 1 saturated heterocycles. The first-order valence-electron chi connectivity index (χ1n) is 6.04. The van der Waals surface area contributed by atoms with Crippen molar-refractivity contribution < 1.29 is 8.42 Å². The summed E-state index contributed by atoms with van der Waals surface area (Å²) >= 11 is 3.26. The average molecular weight is 333 g/mol. The van der Waals surface area contributed by atoms with E-state index in [0.717, 1.165) is 25.9 Å². The van der Waals surface area contributed by atoms with Crippen LogP contribution in [-0.2, 0) is 10.0 Å². The molecule has 1 aliphatic rings. The molecular weight excluding hydrogens is 316 g/mol. The van der Waals surface area contributed by atoms with Crippen LogP contribution in [0.2, 0.25) is 0 Å². The van der Waals surface area contributed by atoms with Crippen molar-refractivity contribution in [2.24, 2.45) is 5.92 Å². The fourth-order valence-corrected chi connectivity index (χ4v) is 4.15. The zero-order valence-electron chi connectivity index (χ0n) is 10.0. The van der Waals surface area contributed by atoms with E-state index in [2.05, 4.69) is 26.0 Å². The fraction of sp³-hybridized carbons (Fsp3) is 0.500. The molecule has 1 aliphatic heterocycles. The quantitative estimate of drug-likeness (QED) is 0.863. The van der Waals surface area contributed by atoms with E-state index < -0.39 is 10.0 Å². The highest BCUT2D eigenvalue weighted by atomic mass is 79.9. The maximum atomic E-state index is 12.1. The Balaban J connectivity index is 1.93. The summed E-state index contributed by atoms with van der Waals surface area (Å²) in [5, 5.41) is 3.28. The third-order valence-corrected chi connectivity index (χ3v) is 5.61. The van der Waals surface area contributed by atoms with Crippen molar-refractivity contribution in [3.63, 3.8) is 0 Å². The van der Waals surface area contributed by atoms with E-state index in [0.29, 0.717) is 21.8 Å². The van der Waals surface area contributed by atoms with Crippen LogP contribution >= 0.6 is 15.9 Å². The lowest BCUT2D eigenvalue weighted by atomic mass is 10.1. The number of nitrogens with one attached hydrogen (secondary N) is 2. The van der Waals surface area contributed by atoms with Crippen LogP contribution in [-0.4, -0.2) is 28.1 Å². The van der Waals surface area contributed by atoms with Crippen molar-refractivity contribution in [2.75, 3.05) is 19.6 Å². The third kappa shape index (κ3) is 3.54. The number of hydrogen-bond acceptors (Lipinski definition) is 3. The molecule has 0 bridgehead atoms. The number of sulfonamides is 1. The summed E-state index contributed by atoms with van der Waals surface area (Å²) in [6.07, 6.45) is 2.02. The maximum Gasteiger partial charge on any atom is 0.241 e. The third-order valence-electron chi connectivity index (χ3n) is 3.13. The second-order valence-corrected chi connectivity index (χ2v) is 7.07. The van der Waals surface area contributed by atoms with Crippen molar-refractivity contribution >= 4 is 26.0 Å². The summed E-state index contributed by atoms with van der Waals surface area (Å²) in [6.45, 7) is 2.54. The lowest BCUT2D eigenvalue weighted by Crippen LogP contribution is -2.27. The van der Waals surface area contributed by atoms with Crippen LogP contribution in [0.15, 0.2) is 33.6 Å². The molecule has 1 fully saturated rings. The first kappa shape index (κ1) is 14.0. The minimum atomic E-state index is -3.40. The average Bonchev–Trinajstić information content (AvgIpc) is 2.82. The Hall–Kier alpha value is -0.430. The number of hydrogen-bond donors (Lipinski definition) is 2. The normalized spacial score (nSPS) is 20.2. The van der Waals surface area contributed by atoms with Gasteiger partial charge in [-0.3, -0.25) is 0 Å². The lowest BCUT2D eigenvalue weighted by molar-refractivity contribution is 0.519. The minimum absolute atomic E-state index is 0.301. The van der Waals surface area contributed by atoms with Crippen LogP contribution < -0.4 is 10.0 Å². The SMILES string of the molecule is O=S(=O)(NCC[C@H]1CCNC1)c1ccccc1Br. The van der Waals surface area contributed by atoms with Gasteiger partial charge in [-0.25, -0.2) is 13.1 Å². The van der Waals surface area contributed by atoms with Gasteiger partial charge in [0.2, 0.25) is 10.0 Å². The van der Waals surface area contributed by atoms with Crippen molar-refractivity contribution in [3.8, 4) is 0 Å². The maximum absolute atomic E-state index is 12.1. The summed E-state index contributed by atoms with van der Waals surface area (Å²) in [5.41, 5.74) is 0. The second-order valence-electron chi connectivity index (χ2n) is 4.48. The number of halogens is 1. The van der Waals surface area contributed by atoms with Gasteiger partial charge in [0.1, 0.15) is 0 Å². The minimum Gasteiger partial charge on any atom is -0.316 e. The van der Waals surface area contributed by atoms with E-state index >= 15 is 0 Å². The molecule has 6 heteroatoms. The molecular formula is C12H17BrN2O2S. The van der Waals surface area contributed by atoms with Gasteiger partial charge in [-0.15, -0.1) is 0 Å². The second kappa shape index (κ2) is 6.14. The summed E-state index contributed by atoms with van der Waals surface area (Å²) in [6, 6.07) is 6.85. The molecule has 1 heterocycles. The molecule has 1 aromatic carbocycles. The van der Waals surface area contributed by atoms with Gasteiger partial charge in [-0.1, -0.05) is 12.1 Å². The van der Waals surface area contributed by atoms with E-state index in [4.69, 9.17) is 0 Å². The monoisotopic (exact) mass is 332 g/mol. The van der Waals surface area contributed by atoms with Crippen LogP contribution in [0, 0.1) is 5.92 Å². The van der Waals surface area contributed by atoms with Gasteiger partial charge in [0.25, 0.3) is 0 Å². The number of benzene rings is 1. The van der Waals surface area contributed by atoms with Gasteiger partial charge in [0, 0.05) is 11.0 Å². The van der Waals surface area contributed by atoms with Gasteiger partial charge >= 0.3 is 0 Å². The van der Waals surface area contributed by atoms with Crippen molar-refractivity contribution in [1.29, 1.82) is 0 Å². The molecule has 100 valence electrons. The summed E-state index contributed by atoms with van der Waals surface area (Å²) in [7, 11) is -3.40. The van der Waals surface area contributed by atoms with E-state index in [1.54, 1.807) is 24.3 Å². The molecule has 0 unspecified atom stereocenters. The molecule has 1 aromatic rings. The van der Waals surface area contributed by atoms with Crippen LogP contribution in [0.3, 0.4) is 0 Å². The first-order valence-corrected chi connectivity index (χ1v) is 8.32. The van der Waals surface area contributed by atoms with Crippen molar-refractivity contribution in [1.82, 2.24) is 10.0 Å². The smallest absolute Gasteiger partial charge is 0.241 e. The zero-order valence-corrected chi connectivity index (χ0v) is 12.4. The highest BCUT2D eigenvalue weighted by molar-refractivity contribution is 9.10. The summed E-state index contributed by atoms with van der Waals surface area (Å²) < 4.78 is 27.4. The van der Waals surface area contributed by atoms with E-state index in [1.165, 1.54) is 0 Å². The Morgan fingerprint density at radius 2 is 2.17 bits per heavy atom. The predicted molar refractivity (Wildman–Crippen MR) is 74.9 cm³/mol. The van der Waals surface area contributed by atoms with Crippen molar-refractivity contribution in [2.45, 2.75) is 17.7 Å². The largest absolute Gasteiger partial charge is 0.316 e. The van der Waals surface area contributed by atoms with E-state index in [1.807, 2.05) is 0 Å². The molecule has 0 amide bonds. The van der Waals surface area contributed by atoms with Crippen LogP contribution in [0.25, 0.3) is 0 Å². The van der Waals surface area contributed by atoms with Crippen LogP contribution in [0.1, 0.15) is 12.8 Å². The molecule has 18 heavy (non-hydrogen) atoms. The number of rotatable bonds is 5. The Bertz CT molecular complexity index is 499. The van der Waals surface area contributed by atoms with Gasteiger partial charge in [-0.2, -0.15) is 0 Å². The Morgan fingerprint density at radius 1 is 1.39 bits per heavy atom. The molecule has 2 rings (SSSR count). The molecule has 0 aromatic heterocycles. The fourth-order valence-electron chi connectivity index (χ4n) is 2.10. The van der Waals surface area contributed by atoms with E-state index in [9.17, 15) is 8.42 Å². The highest BCUT2D eigenvalue weighted by Crippen LogP contribution is 2.21. The van der Waals surface area contributed by atoms with Gasteiger partial charge in [0.05, 0.1) is 4.90 Å². The summed E-state index contributed by atoms with van der Waals surface area (Å²) in [5.74, 6) is 0.590. The molecule has 1 atom stereocenters. The Kier molecular flexibility index (Phi) is 4.77. The lowest BCUT2D eigenvalue weighted by Gasteiger charge is -2.10. The molecule has 0 saturated carbocycles. The first-order chi connectivity index (χ1) is 8.59. The zero-order chi connectivity index (χ0) is 13.0. The Morgan fingerprint density at radius 3 is 2.83 bits per heavy atom. The van der Waals surface area contributed by atoms with Crippen molar-refractivity contribution in [3.05, 3.63) is 28.7 Å². The van der Waals surface area contributed by atoms with Gasteiger partial charge in [-0.05, 0) is 59.9 Å².